The zero-order chi connectivity index (χ0) is 8.81. The molecule has 0 fully saturated rings. The maximum atomic E-state index is 10.00. The highest BCUT2D eigenvalue weighted by atomic mass is 31.1. The second-order valence-electron chi connectivity index (χ2n) is 2.13. The van der Waals surface area contributed by atoms with E-state index in [4.69, 9.17) is 0 Å². The van der Waals surface area contributed by atoms with E-state index in [1.165, 1.54) is 0 Å². The average molecular weight is 181 g/mol. The Morgan fingerprint density at radius 1 is 1.42 bits per heavy atom. The minimum absolute atomic E-state index is 0.371. The Hall–Kier alpha value is -1.21. The van der Waals surface area contributed by atoms with Gasteiger partial charge in [-0.2, -0.15) is 0 Å². The van der Waals surface area contributed by atoms with Gasteiger partial charge in [-0.3, -0.25) is 0 Å². The van der Waals surface area contributed by atoms with Crippen LogP contribution in [-0.4, -0.2) is 5.90 Å². The summed E-state index contributed by atoms with van der Waals surface area (Å²) >= 11 is 0. The lowest BCUT2D eigenvalue weighted by atomic mass is 10.3. The molecule has 0 saturated heterocycles. The summed E-state index contributed by atoms with van der Waals surface area (Å²) in [6, 6.07) is 9.34. The molecule has 0 aromatic heterocycles. The maximum Gasteiger partial charge on any atom is 0.397 e. The molecule has 0 heterocycles. The first-order chi connectivity index (χ1) is 5.83. The fourth-order valence-corrected chi connectivity index (χ4v) is 0.907. The normalized spacial score (nSPS) is 11.6. The summed E-state index contributed by atoms with van der Waals surface area (Å²) in [7, 11) is -0.371. The quantitative estimate of drug-likeness (QED) is 0.399. The van der Waals surface area contributed by atoms with E-state index in [1.54, 1.807) is 6.92 Å². The zero-order valence-electron chi connectivity index (χ0n) is 6.60. The molecule has 0 atom stereocenters. The van der Waals surface area contributed by atoms with E-state index >= 15 is 0 Å². The van der Waals surface area contributed by atoms with Gasteiger partial charge in [-0.05, 0) is 12.1 Å². The molecule has 62 valence electrons. The van der Waals surface area contributed by atoms with Crippen molar-refractivity contribution >= 4 is 20.3 Å². The zero-order valence-corrected chi connectivity index (χ0v) is 7.49. The molecule has 0 aliphatic heterocycles. The Kier molecular flexibility index (Phi) is 3.42. The topological polar surface area (TPSA) is 38.7 Å². The standard InChI is InChI=1S/C8H8NO2P/c1-7(11-12-10)9-8-5-3-2-4-6-8/h2-6H,1H3/b9-7+. The highest BCUT2D eigenvalue weighted by molar-refractivity contribution is 7.18. The summed E-state index contributed by atoms with van der Waals surface area (Å²) in [4.78, 5) is 4.04. The monoisotopic (exact) mass is 181 g/mol. The number of benzene rings is 1. The molecule has 3 nitrogen and oxygen atoms in total. The largest absolute Gasteiger partial charge is 0.397 e. The number of hydrogen-bond acceptors (Lipinski definition) is 3. The Labute approximate surface area is 72.4 Å². The van der Waals surface area contributed by atoms with E-state index < -0.39 is 0 Å². The van der Waals surface area contributed by atoms with Gasteiger partial charge in [0.15, 0.2) is 5.90 Å². The molecule has 0 aliphatic carbocycles. The van der Waals surface area contributed by atoms with Crippen molar-refractivity contribution in [2.45, 2.75) is 6.92 Å². The first-order valence-electron chi connectivity index (χ1n) is 3.43. The maximum absolute atomic E-state index is 10.00. The lowest BCUT2D eigenvalue weighted by Crippen LogP contribution is -1.86. The fraction of sp³-hybridized carbons (Fsp3) is 0.125. The molecule has 1 aromatic carbocycles. The number of para-hydroxylation sites is 1. The van der Waals surface area contributed by atoms with Crippen LogP contribution in [0.25, 0.3) is 0 Å². The van der Waals surface area contributed by atoms with E-state index in [0.29, 0.717) is 5.90 Å². The predicted molar refractivity (Wildman–Crippen MR) is 47.9 cm³/mol. The lowest BCUT2D eigenvalue weighted by Gasteiger charge is -1.94. The smallest absolute Gasteiger partial charge is 0.392 e. The van der Waals surface area contributed by atoms with Gasteiger partial charge >= 0.3 is 8.69 Å². The minimum Gasteiger partial charge on any atom is -0.392 e. The Morgan fingerprint density at radius 2 is 2.08 bits per heavy atom. The van der Waals surface area contributed by atoms with Gasteiger partial charge in [0.2, 0.25) is 0 Å². The lowest BCUT2D eigenvalue weighted by molar-refractivity contribution is 0.520. The van der Waals surface area contributed by atoms with Crippen molar-refractivity contribution in [3.8, 4) is 0 Å². The molecular formula is C8H8NO2P. The highest BCUT2D eigenvalue weighted by Crippen LogP contribution is 2.11. The van der Waals surface area contributed by atoms with Crippen molar-refractivity contribution in [2.24, 2.45) is 4.99 Å². The molecule has 12 heavy (non-hydrogen) atoms. The van der Waals surface area contributed by atoms with Crippen molar-refractivity contribution < 1.29 is 9.09 Å². The summed E-state index contributed by atoms with van der Waals surface area (Å²) in [5, 5.41) is 0. The third-order valence-electron chi connectivity index (χ3n) is 1.21. The Balaban J connectivity index is 2.74. The number of aliphatic imine (C=N–C) groups is 1. The SMILES string of the molecule is C/C(=N\c1ccccc1)OP=O. The van der Waals surface area contributed by atoms with Crippen LogP contribution >= 0.6 is 8.69 Å². The molecule has 0 aliphatic rings. The highest BCUT2D eigenvalue weighted by Gasteiger charge is 1.91. The van der Waals surface area contributed by atoms with Gasteiger partial charge in [0, 0.05) is 6.92 Å². The van der Waals surface area contributed by atoms with Crippen LogP contribution in [0, 0.1) is 0 Å². The molecule has 0 bridgehead atoms. The van der Waals surface area contributed by atoms with E-state index in [9.17, 15) is 4.57 Å². The predicted octanol–water partition coefficient (Wildman–Crippen LogP) is 2.96. The summed E-state index contributed by atoms with van der Waals surface area (Å²) in [5.74, 6) is 0.387. The molecule has 1 rings (SSSR count). The van der Waals surface area contributed by atoms with Crippen LogP contribution in [0.2, 0.25) is 0 Å². The van der Waals surface area contributed by atoms with Crippen LogP contribution in [0.5, 0.6) is 0 Å². The molecule has 4 heteroatoms. The summed E-state index contributed by atoms with van der Waals surface area (Å²) in [6.07, 6.45) is 0. The Bertz CT molecular complexity index is 284. The first-order valence-corrected chi connectivity index (χ1v) is 4.16. The summed E-state index contributed by atoms with van der Waals surface area (Å²) < 4.78 is 14.6. The fourth-order valence-electron chi connectivity index (χ4n) is 0.759. The van der Waals surface area contributed by atoms with Gasteiger partial charge in [-0.15, -0.1) is 0 Å². The van der Waals surface area contributed by atoms with Gasteiger partial charge < -0.3 is 4.52 Å². The van der Waals surface area contributed by atoms with Crippen molar-refractivity contribution in [3.05, 3.63) is 30.3 Å². The van der Waals surface area contributed by atoms with Crippen LogP contribution in [-0.2, 0) is 9.09 Å². The van der Waals surface area contributed by atoms with Gasteiger partial charge in [0.05, 0.1) is 5.69 Å². The van der Waals surface area contributed by atoms with Gasteiger partial charge in [0.1, 0.15) is 0 Å². The first kappa shape index (κ1) is 8.88. The second kappa shape index (κ2) is 4.62. The van der Waals surface area contributed by atoms with Crippen molar-refractivity contribution in [2.75, 3.05) is 0 Å². The van der Waals surface area contributed by atoms with Crippen LogP contribution in [0.3, 0.4) is 0 Å². The number of hydrogen-bond donors (Lipinski definition) is 0. The van der Waals surface area contributed by atoms with Crippen LogP contribution < -0.4 is 0 Å². The third-order valence-corrected chi connectivity index (χ3v) is 1.55. The van der Waals surface area contributed by atoms with Crippen LogP contribution in [0.15, 0.2) is 35.3 Å². The third kappa shape index (κ3) is 2.81. The molecule has 0 N–H and O–H groups in total. The van der Waals surface area contributed by atoms with E-state index in [1.807, 2.05) is 30.3 Å². The molecule has 1 aromatic rings. The Morgan fingerprint density at radius 3 is 2.67 bits per heavy atom. The number of rotatable bonds is 2. The molecule has 0 spiro atoms. The van der Waals surface area contributed by atoms with Crippen molar-refractivity contribution in [1.29, 1.82) is 0 Å². The van der Waals surface area contributed by atoms with Gasteiger partial charge in [0.25, 0.3) is 0 Å². The minimum atomic E-state index is -0.371. The van der Waals surface area contributed by atoms with E-state index in [-0.39, 0.29) is 8.69 Å². The van der Waals surface area contributed by atoms with Gasteiger partial charge in [-0.1, -0.05) is 18.2 Å². The number of nitrogens with zero attached hydrogens (tertiary/aromatic N) is 1. The molecule has 0 saturated carbocycles. The van der Waals surface area contributed by atoms with Crippen molar-refractivity contribution in [1.82, 2.24) is 0 Å². The van der Waals surface area contributed by atoms with E-state index in [0.717, 1.165) is 5.69 Å². The van der Waals surface area contributed by atoms with Crippen molar-refractivity contribution in [3.63, 3.8) is 0 Å². The molecule has 0 unspecified atom stereocenters. The summed E-state index contributed by atoms with van der Waals surface area (Å²) in [5.41, 5.74) is 0.790. The second-order valence-corrected chi connectivity index (χ2v) is 2.46. The van der Waals surface area contributed by atoms with E-state index in [2.05, 4.69) is 9.52 Å². The molecular weight excluding hydrogens is 173 g/mol. The van der Waals surface area contributed by atoms with Crippen LogP contribution in [0.1, 0.15) is 6.92 Å². The average Bonchev–Trinajstić information content (AvgIpc) is 2.06. The summed E-state index contributed by atoms with van der Waals surface area (Å²) in [6.45, 7) is 1.65. The van der Waals surface area contributed by atoms with Gasteiger partial charge in [-0.25, -0.2) is 9.56 Å². The van der Waals surface area contributed by atoms with Crippen LogP contribution in [0.4, 0.5) is 5.69 Å². The molecule has 0 radical (unpaired) electrons. The molecule has 0 amide bonds.